The Hall–Kier alpha value is -1.56. The van der Waals surface area contributed by atoms with Crippen molar-refractivity contribution in [3.05, 3.63) is 36.0 Å². The minimum atomic E-state index is -4.35. The minimum absolute atomic E-state index is 0.0471. The summed E-state index contributed by atoms with van der Waals surface area (Å²) in [6.45, 7) is -0.0103. The van der Waals surface area contributed by atoms with E-state index in [2.05, 4.69) is 22.5 Å². The molecule has 0 saturated heterocycles. The third-order valence-electron chi connectivity index (χ3n) is 3.35. The van der Waals surface area contributed by atoms with Crippen molar-refractivity contribution in [3.8, 4) is 5.88 Å². The molecule has 6 heteroatoms. The van der Waals surface area contributed by atoms with Gasteiger partial charge in [-0.1, -0.05) is 18.2 Å². The van der Waals surface area contributed by atoms with E-state index in [0.717, 1.165) is 25.8 Å². The summed E-state index contributed by atoms with van der Waals surface area (Å²) < 4.78 is 41.3. The van der Waals surface area contributed by atoms with Gasteiger partial charge >= 0.3 is 6.18 Å². The second-order valence-electron chi connectivity index (χ2n) is 5.15. The van der Waals surface area contributed by atoms with Gasteiger partial charge in [0, 0.05) is 18.3 Å². The van der Waals surface area contributed by atoms with Crippen LogP contribution in [-0.2, 0) is 6.54 Å². The van der Waals surface area contributed by atoms with Crippen LogP contribution in [0.5, 0.6) is 5.88 Å². The maximum atomic E-state index is 12.2. The average Bonchev–Trinajstić information content (AvgIpc) is 2.46. The van der Waals surface area contributed by atoms with E-state index in [4.69, 9.17) is 4.74 Å². The molecule has 0 bridgehead atoms. The van der Waals surface area contributed by atoms with Crippen LogP contribution >= 0.6 is 0 Å². The molecule has 1 aliphatic carbocycles. The van der Waals surface area contributed by atoms with Crippen molar-refractivity contribution in [3.63, 3.8) is 0 Å². The first-order valence-corrected chi connectivity index (χ1v) is 7.04. The minimum Gasteiger partial charge on any atom is -0.468 e. The number of ether oxygens (including phenoxy) is 1. The van der Waals surface area contributed by atoms with Gasteiger partial charge in [0.2, 0.25) is 5.88 Å². The lowest BCUT2D eigenvalue weighted by Crippen LogP contribution is -2.24. The van der Waals surface area contributed by atoms with E-state index in [9.17, 15) is 13.2 Å². The van der Waals surface area contributed by atoms with E-state index < -0.39 is 12.8 Å². The molecule has 0 amide bonds. The molecule has 116 valence electrons. The highest BCUT2D eigenvalue weighted by Crippen LogP contribution is 2.20. The van der Waals surface area contributed by atoms with Crippen molar-refractivity contribution in [1.29, 1.82) is 0 Å². The Bertz CT molecular complexity index is 474. The van der Waals surface area contributed by atoms with Crippen molar-refractivity contribution >= 4 is 0 Å². The molecule has 1 aromatic rings. The maximum absolute atomic E-state index is 12.2. The van der Waals surface area contributed by atoms with Crippen molar-refractivity contribution in [2.45, 2.75) is 32.0 Å². The van der Waals surface area contributed by atoms with Gasteiger partial charge in [-0.25, -0.2) is 4.98 Å². The summed E-state index contributed by atoms with van der Waals surface area (Å²) >= 11 is 0. The number of hydrogen-bond donors (Lipinski definition) is 1. The van der Waals surface area contributed by atoms with Gasteiger partial charge in [0.15, 0.2) is 6.61 Å². The van der Waals surface area contributed by atoms with Gasteiger partial charge in [-0.2, -0.15) is 13.2 Å². The van der Waals surface area contributed by atoms with E-state index >= 15 is 0 Å². The number of halogens is 3. The van der Waals surface area contributed by atoms with Crippen LogP contribution in [0, 0.1) is 5.92 Å². The highest BCUT2D eigenvalue weighted by molar-refractivity contribution is 5.25. The molecule has 1 aliphatic rings. The molecule has 0 saturated carbocycles. The molecule has 1 aromatic heterocycles. The highest BCUT2D eigenvalue weighted by Gasteiger charge is 2.29. The number of rotatable bonds is 6. The molecular formula is C15H19F3N2O. The molecule has 0 fully saturated rings. The number of nitrogens with zero attached hydrogens (tertiary/aromatic N) is 1. The monoisotopic (exact) mass is 300 g/mol. The molecule has 21 heavy (non-hydrogen) atoms. The summed E-state index contributed by atoms with van der Waals surface area (Å²) in [5.74, 6) is 0.636. The maximum Gasteiger partial charge on any atom is 0.422 e. The first-order chi connectivity index (χ1) is 10.0. The second kappa shape index (κ2) is 7.45. The number of aromatic nitrogens is 1. The van der Waals surface area contributed by atoms with Crippen LogP contribution in [-0.4, -0.2) is 24.3 Å². The fourth-order valence-corrected chi connectivity index (χ4v) is 2.29. The Morgan fingerprint density at radius 1 is 1.33 bits per heavy atom. The predicted octanol–water partition coefficient (Wildman–Crippen LogP) is 3.47. The first-order valence-electron chi connectivity index (χ1n) is 7.04. The largest absolute Gasteiger partial charge is 0.468 e. The molecular weight excluding hydrogens is 281 g/mol. The summed E-state index contributed by atoms with van der Waals surface area (Å²) in [5, 5.41) is 3.27. The zero-order valence-electron chi connectivity index (χ0n) is 11.7. The van der Waals surface area contributed by atoms with Crippen LogP contribution in [0.15, 0.2) is 30.5 Å². The SMILES string of the molecule is FC(F)(F)COc1ncccc1CNCC1CC=CCC1. The molecule has 1 N–H and O–H groups in total. The van der Waals surface area contributed by atoms with Crippen molar-refractivity contribution in [2.24, 2.45) is 5.92 Å². The summed E-state index contributed by atoms with van der Waals surface area (Å²) in [4.78, 5) is 3.87. The van der Waals surface area contributed by atoms with Gasteiger partial charge < -0.3 is 10.1 Å². The zero-order valence-corrected chi connectivity index (χ0v) is 11.7. The lowest BCUT2D eigenvalue weighted by Gasteiger charge is -2.18. The molecule has 3 nitrogen and oxygen atoms in total. The molecule has 1 atom stereocenters. The lowest BCUT2D eigenvalue weighted by atomic mass is 9.94. The molecule has 1 unspecified atom stereocenters. The Morgan fingerprint density at radius 2 is 2.19 bits per heavy atom. The first kappa shape index (κ1) is 15.8. The van der Waals surface area contributed by atoms with E-state index in [1.54, 1.807) is 12.1 Å². The topological polar surface area (TPSA) is 34.1 Å². The Morgan fingerprint density at radius 3 is 2.90 bits per heavy atom. The normalized spacial score (nSPS) is 18.7. The van der Waals surface area contributed by atoms with E-state index in [0.29, 0.717) is 18.0 Å². The van der Waals surface area contributed by atoms with Gasteiger partial charge in [0.25, 0.3) is 0 Å². The van der Waals surface area contributed by atoms with Gasteiger partial charge in [-0.05, 0) is 37.8 Å². The molecule has 0 aromatic carbocycles. The third kappa shape index (κ3) is 5.75. The number of hydrogen-bond acceptors (Lipinski definition) is 3. The second-order valence-corrected chi connectivity index (χ2v) is 5.15. The zero-order chi connectivity index (χ0) is 15.1. The van der Waals surface area contributed by atoms with Gasteiger partial charge in [0.1, 0.15) is 0 Å². The van der Waals surface area contributed by atoms with Crippen LogP contribution in [0.25, 0.3) is 0 Å². The third-order valence-corrected chi connectivity index (χ3v) is 3.35. The van der Waals surface area contributed by atoms with Crippen LogP contribution in [0.4, 0.5) is 13.2 Å². The van der Waals surface area contributed by atoms with Crippen LogP contribution < -0.4 is 10.1 Å². The van der Waals surface area contributed by atoms with Crippen LogP contribution in [0.1, 0.15) is 24.8 Å². The van der Waals surface area contributed by atoms with Crippen LogP contribution in [0.3, 0.4) is 0 Å². The van der Waals surface area contributed by atoms with Crippen LogP contribution in [0.2, 0.25) is 0 Å². The number of pyridine rings is 1. The summed E-state index contributed by atoms with van der Waals surface area (Å²) in [6.07, 6.45) is 4.74. The number of alkyl halides is 3. The number of nitrogens with one attached hydrogen (secondary N) is 1. The standard InChI is InChI=1S/C15H19F3N2O/c16-15(17,18)11-21-14-13(7-4-8-20-14)10-19-9-12-5-2-1-3-6-12/h1-2,4,7-8,12,19H,3,5-6,9-11H2. The number of allylic oxidation sites excluding steroid dienone is 2. The molecule has 0 aliphatic heterocycles. The van der Waals surface area contributed by atoms with Crippen molar-refractivity contribution in [2.75, 3.05) is 13.2 Å². The average molecular weight is 300 g/mol. The predicted molar refractivity (Wildman–Crippen MR) is 74.0 cm³/mol. The van der Waals surface area contributed by atoms with Crippen molar-refractivity contribution in [1.82, 2.24) is 10.3 Å². The Balaban J connectivity index is 1.83. The summed E-state index contributed by atoms with van der Waals surface area (Å²) in [5.41, 5.74) is 0.646. The smallest absolute Gasteiger partial charge is 0.422 e. The summed E-state index contributed by atoms with van der Waals surface area (Å²) in [6, 6.07) is 3.42. The molecule has 1 heterocycles. The molecule has 2 rings (SSSR count). The fourth-order valence-electron chi connectivity index (χ4n) is 2.29. The van der Waals surface area contributed by atoms with Crippen molar-refractivity contribution < 1.29 is 17.9 Å². The van der Waals surface area contributed by atoms with E-state index in [-0.39, 0.29) is 5.88 Å². The van der Waals surface area contributed by atoms with Gasteiger partial charge in [0.05, 0.1) is 0 Å². The molecule has 0 radical (unpaired) electrons. The summed E-state index contributed by atoms with van der Waals surface area (Å²) in [7, 11) is 0. The molecule has 0 spiro atoms. The lowest BCUT2D eigenvalue weighted by molar-refractivity contribution is -0.154. The van der Waals surface area contributed by atoms with Gasteiger partial charge in [-0.15, -0.1) is 0 Å². The van der Waals surface area contributed by atoms with E-state index in [1.165, 1.54) is 6.20 Å². The highest BCUT2D eigenvalue weighted by atomic mass is 19.4. The Labute approximate surface area is 122 Å². The quantitative estimate of drug-likeness (QED) is 0.817. The fraction of sp³-hybridized carbons (Fsp3) is 0.533. The van der Waals surface area contributed by atoms with Gasteiger partial charge in [-0.3, -0.25) is 0 Å². The van der Waals surface area contributed by atoms with E-state index in [1.807, 2.05) is 0 Å². The Kier molecular flexibility index (Phi) is 5.61.